The second-order valence-electron chi connectivity index (χ2n) is 8.21. The van der Waals surface area contributed by atoms with Crippen molar-refractivity contribution in [3.05, 3.63) is 113 Å². The Morgan fingerprint density at radius 1 is 0.895 bits per heavy atom. The standard InChI is InChI=1S/C29H23N3O6/c1-37-28(35)24-23(18-12-7-4-8-13-18)20(16-30)26(31)32(25(24)29(36)38-2)21-15-9-14-19(27(33)34)22(21)17-10-5-3-6-11-17/h3-15,23H,31H2,1-2H3,(H,33,34). The number of allylic oxidation sites excluding steroid dienone is 1. The third-order valence-electron chi connectivity index (χ3n) is 6.19. The summed E-state index contributed by atoms with van der Waals surface area (Å²) in [6.45, 7) is 0. The van der Waals surface area contributed by atoms with Crippen LogP contribution in [0.25, 0.3) is 11.1 Å². The summed E-state index contributed by atoms with van der Waals surface area (Å²) < 4.78 is 10.1. The molecule has 0 radical (unpaired) electrons. The van der Waals surface area contributed by atoms with Gasteiger partial charge in [-0.3, -0.25) is 4.90 Å². The summed E-state index contributed by atoms with van der Waals surface area (Å²) in [5.74, 6) is -4.22. The lowest BCUT2D eigenvalue weighted by Crippen LogP contribution is -2.41. The lowest BCUT2D eigenvalue weighted by molar-refractivity contribution is -0.139. The van der Waals surface area contributed by atoms with Gasteiger partial charge in [0, 0.05) is 5.56 Å². The Labute approximate surface area is 218 Å². The molecule has 38 heavy (non-hydrogen) atoms. The molecular weight excluding hydrogens is 486 g/mol. The predicted molar refractivity (Wildman–Crippen MR) is 138 cm³/mol. The lowest BCUT2D eigenvalue weighted by atomic mass is 9.80. The van der Waals surface area contributed by atoms with E-state index < -0.39 is 23.8 Å². The van der Waals surface area contributed by atoms with Gasteiger partial charge in [-0.1, -0.05) is 66.7 Å². The van der Waals surface area contributed by atoms with Crippen LogP contribution < -0.4 is 10.6 Å². The van der Waals surface area contributed by atoms with Crippen molar-refractivity contribution in [1.82, 2.24) is 0 Å². The van der Waals surface area contributed by atoms with Crippen molar-refractivity contribution in [2.24, 2.45) is 5.73 Å². The van der Waals surface area contributed by atoms with Crippen molar-refractivity contribution in [3.63, 3.8) is 0 Å². The average Bonchev–Trinajstić information content (AvgIpc) is 2.96. The minimum atomic E-state index is -1.22. The van der Waals surface area contributed by atoms with Gasteiger partial charge in [-0.15, -0.1) is 0 Å². The van der Waals surface area contributed by atoms with Gasteiger partial charge in [-0.05, 0) is 23.3 Å². The molecule has 0 saturated heterocycles. The monoisotopic (exact) mass is 509 g/mol. The molecule has 9 heteroatoms. The number of ether oxygens (including phenoxy) is 2. The first-order valence-corrected chi connectivity index (χ1v) is 11.4. The first kappa shape index (κ1) is 25.7. The number of carboxylic acid groups (broad SMARTS) is 1. The number of hydrogen-bond acceptors (Lipinski definition) is 8. The van der Waals surface area contributed by atoms with Crippen LogP contribution >= 0.6 is 0 Å². The van der Waals surface area contributed by atoms with Crippen molar-refractivity contribution in [2.75, 3.05) is 19.1 Å². The number of carboxylic acids is 1. The fourth-order valence-electron chi connectivity index (χ4n) is 4.58. The maximum atomic E-state index is 13.4. The van der Waals surface area contributed by atoms with Crippen molar-refractivity contribution >= 4 is 23.6 Å². The fraction of sp³-hybridized carbons (Fsp3) is 0.103. The molecule has 3 aromatic rings. The van der Waals surface area contributed by atoms with Gasteiger partial charge >= 0.3 is 17.9 Å². The van der Waals surface area contributed by atoms with Crippen LogP contribution in [0.1, 0.15) is 21.8 Å². The third-order valence-corrected chi connectivity index (χ3v) is 6.19. The number of anilines is 1. The zero-order chi connectivity index (χ0) is 27.4. The second-order valence-corrected chi connectivity index (χ2v) is 8.21. The molecule has 0 spiro atoms. The summed E-state index contributed by atoms with van der Waals surface area (Å²) in [4.78, 5) is 40.1. The van der Waals surface area contributed by atoms with Crippen molar-refractivity contribution < 1.29 is 29.0 Å². The SMILES string of the molecule is COC(=O)C1=C(C(=O)OC)N(c2cccc(C(=O)O)c2-c2ccccc2)C(N)=C(C#N)C1c1ccccc1. The van der Waals surface area contributed by atoms with E-state index in [1.54, 1.807) is 66.7 Å². The van der Waals surface area contributed by atoms with E-state index in [1.807, 2.05) is 0 Å². The molecule has 0 saturated carbocycles. The van der Waals surface area contributed by atoms with E-state index in [1.165, 1.54) is 17.0 Å². The Morgan fingerprint density at radius 3 is 2.05 bits per heavy atom. The topological polar surface area (TPSA) is 143 Å². The normalized spacial score (nSPS) is 15.1. The largest absolute Gasteiger partial charge is 0.478 e. The van der Waals surface area contributed by atoms with E-state index in [0.717, 1.165) is 14.2 Å². The molecule has 190 valence electrons. The van der Waals surface area contributed by atoms with Crippen molar-refractivity contribution in [2.45, 2.75) is 5.92 Å². The summed E-state index contributed by atoms with van der Waals surface area (Å²) in [5, 5.41) is 20.3. The maximum absolute atomic E-state index is 13.4. The molecular formula is C29H23N3O6. The number of esters is 2. The summed E-state index contributed by atoms with van der Waals surface area (Å²) in [5.41, 5.74) is 7.46. The maximum Gasteiger partial charge on any atom is 0.355 e. The number of nitrogens with zero attached hydrogens (tertiary/aromatic N) is 2. The molecule has 1 unspecified atom stereocenters. The number of carbonyl (C=O) groups is 3. The summed E-state index contributed by atoms with van der Waals surface area (Å²) in [7, 11) is 2.30. The average molecular weight is 510 g/mol. The van der Waals surface area contributed by atoms with Crippen LogP contribution in [0.3, 0.4) is 0 Å². The number of carbonyl (C=O) groups excluding carboxylic acids is 2. The molecule has 1 aliphatic rings. The number of methoxy groups -OCH3 is 2. The van der Waals surface area contributed by atoms with Crippen LogP contribution in [-0.2, 0) is 19.1 Å². The molecule has 3 N–H and O–H groups in total. The lowest BCUT2D eigenvalue weighted by Gasteiger charge is -2.37. The Hall–Kier alpha value is -5.36. The van der Waals surface area contributed by atoms with Crippen molar-refractivity contribution in [1.29, 1.82) is 5.26 Å². The molecule has 3 aromatic carbocycles. The Kier molecular flexibility index (Phi) is 7.26. The van der Waals surface area contributed by atoms with Crippen molar-refractivity contribution in [3.8, 4) is 17.2 Å². The zero-order valence-electron chi connectivity index (χ0n) is 20.5. The Morgan fingerprint density at radius 2 is 1.50 bits per heavy atom. The highest BCUT2D eigenvalue weighted by molar-refractivity contribution is 6.08. The minimum Gasteiger partial charge on any atom is -0.478 e. The van der Waals surface area contributed by atoms with Gasteiger partial charge in [0.05, 0.1) is 48.6 Å². The van der Waals surface area contributed by atoms with Gasteiger partial charge in [-0.2, -0.15) is 5.26 Å². The Bertz CT molecular complexity index is 1520. The van der Waals surface area contributed by atoms with Gasteiger partial charge in [0.1, 0.15) is 11.5 Å². The first-order chi connectivity index (χ1) is 18.3. The van der Waals surface area contributed by atoms with E-state index in [4.69, 9.17) is 15.2 Å². The third kappa shape index (κ3) is 4.35. The highest BCUT2D eigenvalue weighted by Crippen LogP contribution is 2.46. The van der Waals surface area contributed by atoms with Crippen LogP contribution in [0.2, 0.25) is 0 Å². The number of rotatable bonds is 6. The molecule has 0 fully saturated rings. The molecule has 9 nitrogen and oxygen atoms in total. The zero-order valence-corrected chi connectivity index (χ0v) is 20.5. The number of benzene rings is 3. The first-order valence-electron chi connectivity index (χ1n) is 11.4. The van der Waals surface area contributed by atoms with E-state index in [2.05, 4.69) is 6.07 Å². The minimum absolute atomic E-state index is 0.0241. The molecule has 0 aliphatic carbocycles. The number of aromatic carboxylic acids is 1. The molecule has 1 aliphatic heterocycles. The van der Waals surface area contributed by atoms with Crippen LogP contribution in [-0.4, -0.2) is 37.2 Å². The van der Waals surface area contributed by atoms with Crippen LogP contribution in [0, 0.1) is 11.3 Å². The molecule has 0 amide bonds. The highest BCUT2D eigenvalue weighted by atomic mass is 16.5. The molecule has 1 atom stereocenters. The number of nitrogens with two attached hydrogens (primary N) is 1. The van der Waals surface area contributed by atoms with Gasteiger partial charge in [0.25, 0.3) is 0 Å². The summed E-state index contributed by atoms with van der Waals surface area (Å²) >= 11 is 0. The molecule has 4 rings (SSSR count). The smallest absolute Gasteiger partial charge is 0.355 e. The molecule has 1 heterocycles. The summed E-state index contributed by atoms with van der Waals surface area (Å²) in [6.07, 6.45) is 0. The van der Waals surface area contributed by atoms with E-state index in [-0.39, 0.29) is 39.5 Å². The van der Waals surface area contributed by atoms with Gasteiger partial charge in [0.2, 0.25) is 0 Å². The Balaban J connectivity index is 2.16. The van der Waals surface area contributed by atoms with Crippen LogP contribution in [0.5, 0.6) is 0 Å². The second kappa shape index (κ2) is 10.7. The molecule has 0 aromatic heterocycles. The van der Waals surface area contributed by atoms with Gasteiger partial charge < -0.3 is 20.3 Å². The number of nitriles is 1. The predicted octanol–water partition coefficient (Wildman–Crippen LogP) is 3.95. The van der Waals surface area contributed by atoms with E-state index >= 15 is 0 Å². The molecule has 0 bridgehead atoms. The quantitative estimate of drug-likeness (QED) is 0.472. The van der Waals surface area contributed by atoms with Gasteiger partial charge in [-0.25, -0.2) is 14.4 Å². The fourth-order valence-corrected chi connectivity index (χ4v) is 4.58. The summed E-state index contributed by atoms with van der Waals surface area (Å²) in [6, 6.07) is 23.8. The highest BCUT2D eigenvalue weighted by Gasteiger charge is 2.43. The van der Waals surface area contributed by atoms with Crippen LogP contribution in [0.4, 0.5) is 5.69 Å². The van der Waals surface area contributed by atoms with Gasteiger partial charge in [0.15, 0.2) is 0 Å². The van der Waals surface area contributed by atoms with E-state index in [9.17, 15) is 24.8 Å². The number of hydrogen-bond donors (Lipinski definition) is 2. The van der Waals surface area contributed by atoms with E-state index in [0.29, 0.717) is 11.1 Å². The van der Waals surface area contributed by atoms with Crippen LogP contribution in [0.15, 0.2) is 102 Å².